The van der Waals surface area contributed by atoms with E-state index in [4.69, 9.17) is 9.57 Å². The van der Waals surface area contributed by atoms with Crippen molar-refractivity contribution in [1.82, 2.24) is 15.7 Å². The number of amides is 1. The second-order valence-corrected chi connectivity index (χ2v) is 7.09. The third-order valence-electron chi connectivity index (χ3n) is 3.71. The molecule has 0 unspecified atom stereocenters. The van der Waals surface area contributed by atoms with Gasteiger partial charge in [-0.15, -0.1) is 5.06 Å². The fourth-order valence-electron chi connectivity index (χ4n) is 2.49. The molecule has 2 N–H and O–H groups in total. The predicted molar refractivity (Wildman–Crippen MR) is 93.7 cm³/mol. The van der Waals surface area contributed by atoms with Gasteiger partial charge in [0.05, 0.1) is 12.6 Å². The first kappa shape index (κ1) is 19.2. The van der Waals surface area contributed by atoms with Crippen molar-refractivity contribution in [3.05, 3.63) is 35.9 Å². The monoisotopic (exact) mass is 349 g/mol. The molecular formula is C18H27N3O4. The van der Waals surface area contributed by atoms with Crippen LogP contribution in [-0.2, 0) is 14.4 Å². The second kappa shape index (κ2) is 8.31. The minimum atomic E-state index is -0.758. The maximum Gasteiger partial charge on any atom is 0.528 e. The van der Waals surface area contributed by atoms with Crippen LogP contribution in [0.15, 0.2) is 30.3 Å². The predicted octanol–water partition coefficient (Wildman–Crippen LogP) is 2.00. The summed E-state index contributed by atoms with van der Waals surface area (Å²) in [4.78, 5) is 29.4. The average Bonchev–Trinajstić information content (AvgIpc) is 2.54. The third kappa shape index (κ3) is 6.36. The zero-order valence-corrected chi connectivity index (χ0v) is 15.2. The molecule has 0 radical (unpaired) electrons. The molecule has 0 saturated carbocycles. The van der Waals surface area contributed by atoms with Crippen LogP contribution in [0.25, 0.3) is 0 Å². The maximum absolute atomic E-state index is 12.5. The Morgan fingerprint density at radius 1 is 1.28 bits per heavy atom. The van der Waals surface area contributed by atoms with E-state index in [-0.39, 0.29) is 18.5 Å². The van der Waals surface area contributed by atoms with Crippen molar-refractivity contribution in [2.75, 3.05) is 19.6 Å². The van der Waals surface area contributed by atoms with Crippen LogP contribution in [0.3, 0.4) is 0 Å². The largest absolute Gasteiger partial charge is 0.528 e. The van der Waals surface area contributed by atoms with Gasteiger partial charge < -0.3 is 20.2 Å². The summed E-state index contributed by atoms with van der Waals surface area (Å²) in [6, 6.07) is 9.20. The first-order chi connectivity index (χ1) is 11.7. The molecule has 1 aliphatic heterocycles. The molecule has 0 aliphatic carbocycles. The van der Waals surface area contributed by atoms with E-state index >= 15 is 0 Å². The van der Waals surface area contributed by atoms with Crippen molar-refractivity contribution in [2.45, 2.75) is 45.4 Å². The highest BCUT2D eigenvalue weighted by Gasteiger charge is 2.29. The minimum Gasteiger partial charge on any atom is -0.427 e. The molecule has 0 spiro atoms. The Morgan fingerprint density at radius 3 is 2.60 bits per heavy atom. The lowest BCUT2D eigenvalue weighted by molar-refractivity contribution is -0.158. The number of ether oxygens (including phenoxy) is 1. The smallest absolute Gasteiger partial charge is 0.427 e. The second-order valence-electron chi connectivity index (χ2n) is 7.09. The molecule has 2 rings (SSSR count). The Hall–Kier alpha value is -2.12. The summed E-state index contributed by atoms with van der Waals surface area (Å²) in [5, 5.41) is 7.58. The molecule has 1 aromatic carbocycles. The van der Waals surface area contributed by atoms with Gasteiger partial charge in [0.25, 0.3) is 0 Å². The molecule has 1 aliphatic rings. The number of hydroxylamine groups is 2. The van der Waals surface area contributed by atoms with E-state index in [1.54, 1.807) is 20.8 Å². The van der Waals surface area contributed by atoms with Crippen molar-refractivity contribution < 1.29 is 19.2 Å². The Balaban J connectivity index is 1.85. The molecule has 1 heterocycles. The van der Waals surface area contributed by atoms with Gasteiger partial charge >= 0.3 is 6.16 Å². The lowest BCUT2D eigenvalue weighted by atomic mass is 10.1. The van der Waals surface area contributed by atoms with Crippen LogP contribution < -0.4 is 10.6 Å². The number of nitrogens with zero attached hydrogens (tertiary/aromatic N) is 1. The van der Waals surface area contributed by atoms with Crippen LogP contribution in [-0.4, -0.2) is 48.4 Å². The van der Waals surface area contributed by atoms with Gasteiger partial charge in [-0.2, -0.15) is 0 Å². The van der Waals surface area contributed by atoms with Crippen LogP contribution in [0.1, 0.15) is 39.3 Å². The highest BCUT2D eigenvalue weighted by Crippen LogP contribution is 2.13. The van der Waals surface area contributed by atoms with E-state index in [2.05, 4.69) is 10.6 Å². The number of rotatable bonds is 4. The Kier molecular flexibility index (Phi) is 6.39. The van der Waals surface area contributed by atoms with Crippen LogP contribution in [0.5, 0.6) is 0 Å². The highest BCUT2D eigenvalue weighted by molar-refractivity contribution is 5.82. The number of nitrogens with one attached hydrogen (secondary N) is 2. The molecule has 1 aromatic rings. The Bertz CT molecular complexity index is 586. The van der Waals surface area contributed by atoms with Crippen molar-refractivity contribution in [2.24, 2.45) is 0 Å². The molecule has 0 aromatic heterocycles. The molecule has 7 nitrogen and oxygen atoms in total. The van der Waals surface area contributed by atoms with Gasteiger partial charge in [-0.25, -0.2) is 4.79 Å². The number of hydrogen-bond donors (Lipinski definition) is 2. The molecule has 1 saturated heterocycles. The van der Waals surface area contributed by atoms with Gasteiger partial charge in [0.1, 0.15) is 11.6 Å². The van der Waals surface area contributed by atoms with E-state index < -0.39 is 17.8 Å². The summed E-state index contributed by atoms with van der Waals surface area (Å²) in [5.41, 5.74) is 0.418. The van der Waals surface area contributed by atoms with Gasteiger partial charge in [0.2, 0.25) is 5.91 Å². The van der Waals surface area contributed by atoms with Gasteiger partial charge in [-0.05, 0) is 33.3 Å². The summed E-state index contributed by atoms with van der Waals surface area (Å²) >= 11 is 0. The van der Waals surface area contributed by atoms with Crippen LogP contribution in [0, 0.1) is 0 Å². The molecule has 2 atom stereocenters. The van der Waals surface area contributed by atoms with Gasteiger partial charge in [0, 0.05) is 13.1 Å². The van der Waals surface area contributed by atoms with E-state index in [9.17, 15) is 9.59 Å². The number of benzene rings is 1. The van der Waals surface area contributed by atoms with Crippen molar-refractivity contribution in [1.29, 1.82) is 0 Å². The summed E-state index contributed by atoms with van der Waals surface area (Å²) < 4.78 is 5.13. The summed E-state index contributed by atoms with van der Waals surface area (Å²) in [6.45, 7) is 8.56. The van der Waals surface area contributed by atoms with Crippen molar-refractivity contribution in [3.8, 4) is 0 Å². The Morgan fingerprint density at radius 2 is 1.96 bits per heavy atom. The van der Waals surface area contributed by atoms with Gasteiger partial charge in [-0.1, -0.05) is 30.3 Å². The summed E-state index contributed by atoms with van der Waals surface area (Å²) in [5.74, 6) is -0.131. The fourth-order valence-corrected chi connectivity index (χ4v) is 2.49. The minimum absolute atomic E-state index is 0.0994. The molecule has 0 bridgehead atoms. The van der Waals surface area contributed by atoms with Crippen LogP contribution >= 0.6 is 0 Å². The zero-order valence-electron chi connectivity index (χ0n) is 15.2. The molecular weight excluding hydrogens is 322 g/mol. The third-order valence-corrected chi connectivity index (χ3v) is 3.71. The zero-order chi connectivity index (χ0) is 18.4. The van der Waals surface area contributed by atoms with Gasteiger partial charge in [0.15, 0.2) is 0 Å². The SMILES string of the molecule is C[C@H](NC(=O)[C@@H]1CN(OC(=O)OC(C)(C)C)CCN1)c1ccccc1. The molecule has 25 heavy (non-hydrogen) atoms. The maximum atomic E-state index is 12.5. The lowest BCUT2D eigenvalue weighted by Crippen LogP contribution is -2.57. The quantitative estimate of drug-likeness (QED) is 0.810. The molecule has 7 heteroatoms. The summed E-state index contributed by atoms with van der Waals surface area (Å²) in [6.07, 6.45) is -0.758. The molecule has 1 amide bonds. The van der Waals surface area contributed by atoms with Crippen LogP contribution in [0.2, 0.25) is 0 Å². The number of piperazine rings is 1. The topological polar surface area (TPSA) is 79.9 Å². The van der Waals surface area contributed by atoms with Crippen molar-refractivity contribution >= 4 is 12.1 Å². The average molecular weight is 349 g/mol. The van der Waals surface area contributed by atoms with E-state index in [0.29, 0.717) is 13.1 Å². The highest BCUT2D eigenvalue weighted by atomic mass is 16.8. The van der Waals surface area contributed by atoms with E-state index in [0.717, 1.165) is 5.56 Å². The normalized spacial score (nSPS) is 19.8. The number of carbonyl (C=O) groups excluding carboxylic acids is 2. The lowest BCUT2D eigenvalue weighted by Gasteiger charge is -2.32. The number of hydrogen-bond acceptors (Lipinski definition) is 6. The van der Waals surface area contributed by atoms with E-state index in [1.165, 1.54) is 5.06 Å². The van der Waals surface area contributed by atoms with Crippen molar-refractivity contribution in [3.63, 3.8) is 0 Å². The number of carbonyl (C=O) groups is 2. The molecule has 1 fully saturated rings. The standard InChI is InChI=1S/C18H27N3O4/c1-13(14-8-6-5-7-9-14)20-16(22)15-12-21(11-10-19-15)25-17(23)24-18(2,3)4/h5-9,13,15,19H,10-12H2,1-4H3,(H,20,22)/t13-,15-/m0/s1. The first-order valence-corrected chi connectivity index (χ1v) is 8.49. The Labute approximate surface area is 148 Å². The summed E-state index contributed by atoms with van der Waals surface area (Å²) in [7, 11) is 0. The fraction of sp³-hybridized carbons (Fsp3) is 0.556. The van der Waals surface area contributed by atoms with Gasteiger partial charge in [-0.3, -0.25) is 4.79 Å². The molecule has 138 valence electrons. The first-order valence-electron chi connectivity index (χ1n) is 8.49. The van der Waals surface area contributed by atoms with E-state index in [1.807, 2.05) is 37.3 Å². The van der Waals surface area contributed by atoms with Crippen LogP contribution in [0.4, 0.5) is 4.79 Å².